The van der Waals surface area contributed by atoms with Gasteiger partial charge in [0.1, 0.15) is 0 Å². The van der Waals surface area contributed by atoms with Gasteiger partial charge in [-0.15, -0.1) is 12.4 Å². The average molecular weight is 354 g/mol. The van der Waals surface area contributed by atoms with Crippen LogP contribution < -0.4 is 16.4 Å². The zero-order valence-electron chi connectivity index (χ0n) is 14.8. The second-order valence-corrected chi connectivity index (χ2v) is 7.49. The van der Waals surface area contributed by atoms with Crippen molar-refractivity contribution in [3.8, 4) is 0 Å². The Labute approximate surface area is 150 Å². The molecular weight excluding hydrogens is 326 g/mol. The Morgan fingerprint density at radius 2 is 1.83 bits per heavy atom. The second-order valence-electron chi connectivity index (χ2n) is 7.49. The van der Waals surface area contributed by atoms with Crippen molar-refractivity contribution < 1.29 is 9.59 Å². The number of anilines is 2. The van der Waals surface area contributed by atoms with Crippen LogP contribution in [0, 0.1) is 18.3 Å². The molecule has 0 spiro atoms. The van der Waals surface area contributed by atoms with Gasteiger partial charge in [-0.1, -0.05) is 26.8 Å². The molecule has 1 aromatic carbocycles. The number of halogens is 1. The van der Waals surface area contributed by atoms with Gasteiger partial charge in [0.2, 0.25) is 11.8 Å². The average Bonchev–Trinajstić information content (AvgIpc) is 2.88. The summed E-state index contributed by atoms with van der Waals surface area (Å²) in [7, 11) is 0. The van der Waals surface area contributed by atoms with E-state index < -0.39 is 5.41 Å². The smallest absolute Gasteiger partial charge is 0.229 e. The molecule has 1 aromatic rings. The van der Waals surface area contributed by atoms with Gasteiger partial charge in [0.15, 0.2) is 0 Å². The molecule has 2 rings (SSSR count). The summed E-state index contributed by atoms with van der Waals surface area (Å²) >= 11 is 0. The van der Waals surface area contributed by atoms with E-state index in [-0.39, 0.29) is 36.2 Å². The standard InChI is InChI=1S/C18H27N3O2.ClH/c1-11-5-8-14(10-15(11)21-17(23)18(2,3)4)20-16(22)12-6-7-13(19)9-12;/h5,8,10,12-13H,6-7,9,19H2,1-4H3,(H,20,22)(H,21,23);1H. The summed E-state index contributed by atoms with van der Waals surface area (Å²) in [5.74, 6) is -0.0559. The normalized spacial score (nSPS) is 20.2. The van der Waals surface area contributed by atoms with Gasteiger partial charge in [-0.2, -0.15) is 0 Å². The third-order valence-corrected chi connectivity index (χ3v) is 4.28. The fraction of sp³-hybridized carbons (Fsp3) is 0.556. The minimum Gasteiger partial charge on any atom is -0.328 e. The third kappa shape index (κ3) is 5.21. The van der Waals surface area contributed by atoms with Crippen molar-refractivity contribution in [2.24, 2.45) is 17.1 Å². The Kier molecular flexibility index (Phi) is 6.81. The number of carbonyl (C=O) groups excluding carboxylic acids is 2. The fourth-order valence-electron chi connectivity index (χ4n) is 2.64. The predicted octanol–water partition coefficient (Wildman–Crippen LogP) is 3.47. The first kappa shape index (κ1) is 20.5. The molecule has 24 heavy (non-hydrogen) atoms. The summed E-state index contributed by atoms with van der Waals surface area (Å²) in [6, 6.07) is 5.69. The number of carbonyl (C=O) groups is 2. The first-order valence-electron chi connectivity index (χ1n) is 8.15. The molecule has 0 bridgehead atoms. The molecule has 2 atom stereocenters. The van der Waals surface area contributed by atoms with Crippen LogP contribution in [0.3, 0.4) is 0 Å². The van der Waals surface area contributed by atoms with E-state index in [1.54, 1.807) is 0 Å². The van der Waals surface area contributed by atoms with E-state index in [0.717, 1.165) is 30.5 Å². The number of hydrogen-bond acceptors (Lipinski definition) is 3. The molecule has 4 N–H and O–H groups in total. The van der Waals surface area contributed by atoms with E-state index in [1.807, 2.05) is 45.9 Å². The van der Waals surface area contributed by atoms with Crippen LogP contribution in [-0.2, 0) is 9.59 Å². The van der Waals surface area contributed by atoms with Gasteiger partial charge in [0.05, 0.1) is 0 Å². The van der Waals surface area contributed by atoms with Crippen molar-refractivity contribution in [1.82, 2.24) is 0 Å². The van der Waals surface area contributed by atoms with Crippen LogP contribution in [0.5, 0.6) is 0 Å². The van der Waals surface area contributed by atoms with Crippen LogP contribution in [0.25, 0.3) is 0 Å². The van der Waals surface area contributed by atoms with Gasteiger partial charge in [0.25, 0.3) is 0 Å². The summed E-state index contributed by atoms with van der Waals surface area (Å²) in [6.45, 7) is 7.53. The van der Waals surface area contributed by atoms with Crippen molar-refractivity contribution in [1.29, 1.82) is 0 Å². The third-order valence-electron chi connectivity index (χ3n) is 4.28. The van der Waals surface area contributed by atoms with Crippen LogP contribution in [0.1, 0.15) is 45.6 Å². The second kappa shape index (κ2) is 7.99. The minimum atomic E-state index is -0.467. The lowest BCUT2D eigenvalue weighted by atomic mass is 9.95. The highest BCUT2D eigenvalue weighted by molar-refractivity contribution is 5.97. The van der Waals surface area contributed by atoms with Gasteiger partial charge in [0, 0.05) is 28.7 Å². The van der Waals surface area contributed by atoms with E-state index in [9.17, 15) is 9.59 Å². The van der Waals surface area contributed by atoms with Crippen molar-refractivity contribution in [3.05, 3.63) is 23.8 Å². The van der Waals surface area contributed by atoms with E-state index >= 15 is 0 Å². The van der Waals surface area contributed by atoms with E-state index in [1.165, 1.54) is 0 Å². The number of benzene rings is 1. The monoisotopic (exact) mass is 353 g/mol. The maximum atomic E-state index is 12.3. The molecule has 134 valence electrons. The lowest BCUT2D eigenvalue weighted by Crippen LogP contribution is -2.28. The zero-order valence-corrected chi connectivity index (χ0v) is 15.6. The Balaban J connectivity index is 0.00000288. The van der Waals surface area contributed by atoms with Gasteiger partial charge in [-0.3, -0.25) is 9.59 Å². The molecule has 6 heteroatoms. The first-order valence-corrected chi connectivity index (χ1v) is 8.15. The van der Waals surface area contributed by atoms with Crippen molar-refractivity contribution >= 4 is 35.6 Å². The fourth-order valence-corrected chi connectivity index (χ4v) is 2.64. The lowest BCUT2D eigenvalue weighted by Gasteiger charge is -2.19. The minimum absolute atomic E-state index is 0. The molecule has 1 aliphatic carbocycles. The van der Waals surface area contributed by atoms with Gasteiger partial charge >= 0.3 is 0 Å². The molecule has 1 fully saturated rings. The largest absolute Gasteiger partial charge is 0.328 e. The first-order chi connectivity index (χ1) is 10.7. The Morgan fingerprint density at radius 1 is 1.17 bits per heavy atom. The molecule has 5 nitrogen and oxygen atoms in total. The Morgan fingerprint density at radius 3 is 2.38 bits per heavy atom. The number of hydrogen-bond donors (Lipinski definition) is 3. The molecule has 0 aliphatic heterocycles. The van der Waals surface area contributed by atoms with Crippen LogP contribution in [0.2, 0.25) is 0 Å². The maximum absolute atomic E-state index is 12.3. The molecule has 0 heterocycles. The number of rotatable bonds is 3. The summed E-state index contributed by atoms with van der Waals surface area (Å²) < 4.78 is 0. The molecule has 2 amide bonds. The number of aryl methyl sites for hydroxylation is 1. The lowest BCUT2D eigenvalue weighted by molar-refractivity contribution is -0.123. The van der Waals surface area contributed by atoms with E-state index in [2.05, 4.69) is 10.6 Å². The highest BCUT2D eigenvalue weighted by Gasteiger charge is 2.28. The molecule has 0 saturated heterocycles. The molecule has 1 aliphatic rings. The number of nitrogens with one attached hydrogen (secondary N) is 2. The number of nitrogens with two attached hydrogens (primary N) is 1. The van der Waals surface area contributed by atoms with Crippen molar-refractivity contribution in [3.63, 3.8) is 0 Å². The molecule has 0 aromatic heterocycles. The summed E-state index contributed by atoms with van der Waals surface area (Å²) in [5.41, 5.74) is 7.79. The van der Waals surface area contributed by atoms with E-state index in [0.29, 0.717) is 5.69 Å². The van der Waals surface area contributed by atoms with Crippen LogP contribution >= 0.6 is 12.4 Å². The molecule has 0 radical (unpaired) electrons. The van der Waals surface area contributed by atoms with Crippen LogP contribution in [-0.4, -0.2) is 17.9 Å². The van der Waals surface area contributed by atoms with Gasteiger partial charge in [-0.25, -0.2) is 0 Å². The van der Waals surface area contributed by atoms with Crippen molar-refractivity contribution in [2.75, 3.05) is 10.6 Å². The summed E-state index contributed by atoms with van der Waals surface area (Å²) in [4.78, 5) is 24.4. The summed E-state index contributed by atoms with van der Waals surface area (Å²) in [6.07, 6.45) is 2.48. The zero-order chi connectivity index (χ0) is 17.2. The highest BCUT2D eigenvalue weighted by Crippen LogP contribution is 2.27. The van der Waals surface area contributed by atoms with E-state index in [4.69, 9.17) is 5.73 Å². The quantitative estimate of drug-likeness (QED) is 0.777. The molecule has 2 unspecified atom stereocenters. The maximum Gasteiger partial charge on any atom is 0.229 e. The number of amides is 2. The Bertz CT molecular complexity index is 611. The van der Waals surface area contributed by atoms with Crippen LogP contribution in [0.4, 0.5) is 11.4 Å². The topological polar surface area (TPSA) is 84.2 Å². The predicted molar refractivity (Wildman–Crippen MR) is 100 cm³/mol. The molecular formula is C18H28ClN3O2. The van der Waals surface area contributed by atoms with Gasteiger partial charge in [-0.05, 0) is 43.9 Å². The highest BCUT2D eigenvalue weighted by atomic mass is 35.5. The Hall–Kier alpha value is -1.59. The SMILES string of the molecule is Cc1ccc(NC(=O)C2CCC(N)C2)cc1NC(=O)C(C)(C)C.Cl. The summed E-state index contributed by atoms with van der Waals surface area (Å²) in [5, 5.41) is 5.87. The molecule has 1 saturated carbocycles. The van der Waals surface area contributed by atoms with Crippen LogP contribution in [0.15, 0.2) is 18.2 Å². The van der Waals surface area contributed by atoms with Gasteiger partial charge < -0.3 is 16.4 Å². The van der Waals surface area contributed by atoms with Crippen molar-refractivity contribution in [2.45, 2.75) is 53.0 Å².